The summed E-state index contributed by atoms with van der Waals surface area (Å²) in [5.74, 6) is 0.690. The number of benzene rings is 2. The van der Waals surface area contributed by atoms with Gasteiger partial charge in [0.2, 0.25) is 0 Å². The van der Waals surface area contributed by atoms with Gasteiger partial charge in [-0.1, -0.05) is 15.9 Å². The normalized spacial score (nSPS) is 11.2. The Morgan fingerprint density at radius 2 is 1.76 bits per heavy atom. The lowest BCUT2D eigenvalue weighted by Gasteiger charge is -2.12. The van der Waals surface area contributed by atoms with E-state index in [4.69, 9.17) is 4.74 Å². The van der Waals surface area contributed by atoms with Crippen molar-refractivity contribution in [2.45, 2.75) is 18.7 Å². The molecule has 0 aromatic heterocycles. The van der Waals surface area contributed by atoms with Crippen LogP contribution in [-0.2, 0) is 10.0 Å². The number of rotatable bonds is 4. The molecule has 0 heterocycles. The van der Waals surface area contributed by atoms with Gasteiger partial charge in [0.15, 0.2) is 0 Å². The lowest BCUT2D eigenvalue weighted by atomic mass is 10.2. The number of hydrogen-bond acceptors (Lipinski definition) is 3. The molecule has 4 nitrogen and oxygen atoms in total. The number of hydrogen-bond donors (Lipinski definition) is 1. The van der Waals surface area contributed by atoms with Gasteiger partial charge in [0, 0.05) is 4.47 Å². The molecule has 0 bridgehead atoms. The molecule has 0 fully saturated rings. The lowest BCUT2D eigenvalue weighted by Crippen LogP contribution is -2.14. The highest BCUT2D eigenvalue weighted by molar-refractivity contribution is 9.10. The Labute approximate surface area is 133 Å². The van der Waals surface area contributed by atoms with E-state index < -0.39 is 10.0 Å². The Hall–Kier alpha value is -1.53. The summed E-state index contributed by atoms with van der Waals surface area (Å²) < 4.78 is 33.4. The monoisotopic (exact) mass is 369 g/mol. The molecule has 0 atom stereocenters. The van der Waals surface area contributed by atoms with Crippen molar-refractivity contribution in [2.75, 3.05) is 11.8 Å². The Bertz CT molecular complexity index is 772. The number of methoxy groups -OCH3 is 1. The minimum absolute atomic E-state index is 0.235. The van der Waals surface area contributed by atoms with Gasteiger partial charge < -0.3 is 4.74 Å². The van der Waals surface area contributed by atoms with E-state index in [0.717, 1.165) is 15.6 Å². The topological polar surface area (TPSA) is 55.4 Å². The zero-order chi connectivity index (χ0) is 15.6. The van der Waals surface area contributed by atoms with Gasteiger partial charge in [0.1, 0.15) is 5.75 Å². The number of ether oxygens (including phenoxy) is 1. The second-order valence-electron chi connectivity index (χ2n) is 4.70. The van der Waals surface area contributed by atoms with Crippen LogP contribution < -0.4 is 9.46 Å². The Kier molecular flexibility index (Phi) is 4.58. The molecule has 112 valence electrons. The summed E-state index contributed by atoms with van der Waals surface area (Å²) >= 11 is 3.36. The second kappa shape index (κ2) is 6.07. The molecular formula is C15H16BrNO3S. The molecule has 1 N–H and O–H groups in total. The van der Waals surface area contributed by atoms with Gasteiger partial charge >= 0.3 is 0 Å². The summed E-state index contributed by atoms with van der Waals surface area (Å²) in [6.07, 6.45) is 0. The van der Waals surface area contributed by atoms with Gasteiger partial charge in [-0.2, -0.15) is 0 Å². The first-order chi connectivity index (χ1) is 9.83. The highest BCUT2D eigenvalue weighted by Crippen LogP contribution is 2.25. The van der Waals surface area contributed by atoms with Gasteiger partial charge in [0.05, 0.1) is 17.7 Å². The van der Waals surface area contributed by atoms with E-state index in [2.05, 4.69) is 20.7 Å². The maximum atomic E-state index is 12.4. The number of aryl methyl sites for hydroxylation is 2. The summed E-state index contributed by atoms with van der Waals surface area (Å²) in [5, 5.41) is 0. The second-order valence-corrected chi connectivity index (χ2v) is 7.23. The molecule has 0 amide bonds. The predicted molar refractivity (Wildman–Crippen MR) is 87.4 cm³/mol. The van der Waals surface area contributed by atoms with Crippen LogP contribution in [-0.4, -0.2) is 15.5 Å². The zero-order valence-corrected chi connectivity index (χ0v) is 14.4. The van der Waals surface area contributed by atoms with Crippen molar-refractivity contribution in [2.24, 2.45) is 0 Å². The van der Waals surface area contributed by atoms with Crippen molar-refractivity contribution in [3.63, 3.8) is 0 Å². The molecule has 2 aromatic carbocycles. The van der Waals surface area contributed by atoms with Crippen LogP contribution >= 0.6 is 15.9 Å². The molecular weight excluding hydrogens is 354 g/mol. The molecule has 2 rings (SSSR count). The van der Waals surface area contributed by atoms with Gasteiger partial charge in [0.25, 0.3) is 10.0 Å². The molecule has 0 aliphatic heterocycles. The largest absolute Gasteiger partial charge is 0.497 e. The molecule has 0 saturated heterocycles. The van der Waals surface area contributed by atoms with Crippen LogP contribution in [0, 0.1) is 13.8 Å². The Morgan fingerprint density at radius 1 is 1.05 bits per heavy atom. The summed E-state index contributed by atoms with van der Waals surface area (Å²) in [6.45, 7) is 3.68. The van der Waals surface area contributed by atoms with Crippen LogP contribution in [0.1, 0.15) is 11.1 Å². The van der Waals surface area contributed by atoms with Crippen molar-refractivity contribution >= 4 is 31.6 Å². The summed E-state index contributed by atoms with van der Waals surface area (Å²) in [5.41, 5.74) is 2.20. The maximum Gasteiger partial charge on any atom is 0.261 e. The Morgan fingerprint density at radius 3 is 2.33 bits per heavy atom. The average Bonchev–Trinajstić information content (AvgIpc) is 2.43. The van der Waals surface area contributed by atoms with Crippen molar-refractivity contribution in [1.29, 1.82) is 0 Å². The van der Waals surface area contributed by atoms with Crippen LogP contribution in [0.2, 0.25) is 0 Å². The Balaban J connectivity index is 2.35. The highest BCUT2D eigenvalue weighted by atomic mass is 79.9. The minimum atomic E-state index is -3.61. The summed E-state index contributed by atoms with van der Waals surface area (Å²) in [7, 11) is -2.03. The molecule has 0 radical (unpaired) electrons. The van der Waals surface area contributed by atoms with E-state index in [1.165, 1.54) is 0 Å². The summed E-state index contributed by atoms with van der Waals surface area (Å²) in [4.78, 5) is 0.235. The van der Waals surface area contributed by atoms with Crippen molar-refractivity contribution in [3.8, 4) is 5.75 Å². The smallest absolute Gasteiger partial charge is 0.261 e. The van der Waals surface area contributed by atoms with Crippen LogP contribution in [0.4, 0.5) is 5.69 Å². The summed E-state index contributed by atoms with van der Waals surface area (Å²) in [6, 6.07) is 10.1. The predicted octanol–water partition coefficient (Wildman–Crippen LogP) is 3.88. The third-order valence-corrected chi connectivity index (χ3v) is 5.37. The van der Waals surface area contributed by atoms with E-state index in [9.17, 15) is 8.42 Å². The number of anilines is 1. The van der Waals surface area contributed by atoms with E-state index in [1.54, 1.807) is 43.5 Å². The van der Waals surface area contributed by atoms with Gasteiger partial charge in [-0.15, -0.1) is 0 Å². The third kappa shape index (κ3) is 3.57. The van der Waals surface area contributed by atoms with E-state index >= 15 is 0 Å². The molecule has 0 unspecified atom stereocenters. The first-order valence-corrected chi connectivity index (χ1v) is 8.55. The molecule has 0 spiro atoms. The van der Waals surface area contributed by atoms with Crippen LogP contribution in [0.3, 0.4) is 0 Å². The van der Waals surface area contributed by atoms with E-state index in [1.807, 2.05) is 13.8 Å². The van der Waals surface area contributed by atoms with Crippen LogP contribution in [0.15, 0.2) is 45.8 Å². The van der Waals surface area contributed by atoms with E-state index in [-0.39, 0.29) is 4.90 Å². The fourth-order valence-corrected chi connectivity index (χ4v) is 3.33. The molecule has 21 heavy (non-hydrogen) atoms. The molecule has 6 heteroatoms. The van der Waals surface area contributed by atoms with Gasteiger partial charge in [-0.25, -0.2) is 8.42 Å². The van der Waals surface area contributed by atoms with Gasteiger partial charge in [-0.05, 0) is 61.4 Å². The van der Waals surface area contributed by atoms with Gasteiger partial charge in [-0.3, -0.25) is 4.72 Å². The van der Waals surface area contributed by atoms with Crippen molar-refractivity contribution < 1.29 is 13.2 Å². The standard InChI is InChI=1S/C15H16BrNO3S/c1-10-9-13(5-6-14(10)16)21(18,19)17-15-7-4-12(20-3)8-11(15)2/h4-9,17H,1-3H3. The third-order valence-electron chi connectivity index (χ3n) is 3.12. The van der Waals surface area contributed by atoms with Crippen molar-refractivity contribution in [1.82, 2.24) is 0 Å². The molecule has 0 aliphatic rings. The fraction of sp³-hybridized carbons (Fsp3) is 0.200. The molecule has 0 saturated carbocycles. The highest BCUT2D eigenvalue weighted by Gasteiger charge is 2.16. The number of halogens is 1. The maximum absolute atomic E-state index is 12.4. The fourth-order valence-electron chi connectivity index (χ4n) is 1.87. The van der Waals surface area contributed by atoms with Crippen molar-refractivity contribution in [3.05, 3.63) is 52.0 Å². The van der Waals surface area contributed by atoms with Crippen LogP contribution in [0.5, 0.6) is 5.75 Å². The quantitative estimate of drug-likeness (QED) is 0.889. The molecule has 2 aromatic rings. The SMILES string of the molecule is COc1ccc(NS(=O)(=O)c2ccc(Br)c(C)c2)c(C)c1. The first-order valence-electron chi connectivity index (χ1n) is 6.27. The minimum Gasteiger partial charge on any atom is -0.497 e. The zero-order valence-electron chi connectivity index (χ0n) is 12.0. The first kappa shape index (κ1) is 15.9. The van der Waals surface area contributed by atoms with Crippen LogP contribution in [0.25, 0.3) is 0 Å². The van der Waals surface area contributed by atoms with E-state index in [0.29, 0.717) is 11.4 Å². The molecule has 0 aliphatic carbocycles. The lowest BCUT2D eigenvalue weighted by molar-refractivity contribution is 0.414. The number of nitrogens with one attached hydrogen (secondary N) is 1. The number of sulfonamides is 1. The average molecular weight is 370 g/mol.